The van der Waals surface area contributed by atoms with Gasteiger partial charge >= 0.3 is 5.97 Å². The van der Waals surface area contributed by atoms with E-state index in [-0.39, 0.29) is 11.6 Å². The molecule has 0 radical (unpaired) electrons. The highest BCUT2D eigenvalue weighted by Gasteiger charge is 2.61. The third-order valence-corrected chi connectivity index (χ3v) is 5.66. The number of piperidine rings is 1. The molecule has 2 aliphatic carbocycles. The summed E-state index contributed by atoms with van der Waals surface area (Å²) in [4.78, 5) is 14.5. The molecule has 3 heterocycles. The molecule has 5 rings (SSSR count). The van der Waals surface area contributed by atoms with Crippen LogP contribution in [0.15, 0.2) is 23.3 Å². The predicted molar refractivity (Wildman–Crippen MR) is 78.2 cm³/mol. The van der Waals surface area contributed by atoms with Crippen molar-refractivity contribution >= 4 is 5.97 Å². The Labute approximate surface area is 125 Å². The van der Waals surface area contributed by atoms with Crippen LogP contribution in [0, 0.1) is 17.8 Å². The summed E-state index contributed by atoms with van der Waals surface area (Å²) in [5.41, 5.74) is 1.76. The number of nitrogens with zero attached hydrogens (tertiary/aromatic N) is 1. The molecule has 0 aromatic rings. The zero-order valence-electron chi connectivity index (χ0n) is 12.1. The second-order valence-electron chi connectivity index (χ2n) is 7.01. The largest absolute Gasteiger partial charge is 0.449 e. The van der Waals surface area contributed by atoms with E-state index in [1.54, 1.807) is 6.08 Å². The molecule has 1 spiro atoms. The Morgan fingerprint density at radius 3 is 3.05 bits per heavy atom. The molecule has 0 amide bonds. The highest BCUT2D eigenvalue weighted by molar-refractivity contribution is 5.90. The van der Waals surface area contributed by atoms with Crippen LogP contribution in [0.4, 0.5) is 0 Å². The number of hydrogen-bond acceptors (Lipinski definition) is 3. The summed E-state index contributed by atoms with van der Waals surface area (Å²) >= 11 is 0. The molecule has 3 aliphatic heterocycles. The van der Waals surface area contributed by atoms with E-state index < -0.39 is 0 Å². The second kappa shape index (κ2) is 4.01. The van der Waals surface area contributed by atoms with Crippen LogP contribution in [0.3, 0.4) is 0 Å². The van der Waals surface area contributed by atoms with Gasteiger partial charge in [-0.2, -0.15) is 0 Å². The molecule has 1 saturated carbocycles. The van der Waals surface area contributed by atoms with Crippen molar-refractivity contribution in [3.05, 3.63) is 23.3 Å². The fraction of sp³-hybridized carbons (Fsp3) is 0.611. The van der Waals surface area contributed by atoms with Crippen LogP contribution >= 0.6 is 0 Å². The van der Waals surface area contributed by atoms with Crippen molar-refractivity contribution < 1.29 is 9.53 Å². The van der Waals surface area contributed by atoms with Gasteiger partial charge in [0, 0.05) is 35.6 Å². The van der Waals surface area contributed by atoms with Crippen molar-refractivity contribution in [2.75, 3.05) is 6.54 Å². The lowest BCUT2D eigenvalue weighted by Gasteiger charge is -2.38. The first-order valence-corrected chi connectivity index (χ1v) is 8.21. The molecule has 0 aromatic heterocycles. The summed E-state index contributed by atoms with van der Waals surface area (Å²) in [7, 11) is 0. The van der Waals surface area contributed by atoms with Crippen molar-refractivity contribution in [3.8, 4) is 11.8 Å². The van der Waals surface area contributed by atoms with Gasteiger partial charge in [-0.25, -0.2) is 4.79 Å². The van der Waals surface area contributed by atoms with Crippen molar-refractivity contribution in [3.63, 3.8) is 0 Å². The molecule has 5 aliphatic rings. The molecule has 0 N–H and O–H groups in total. The molecule has 0 aromatic carbocycles. The number of hydrogen-bond donors (Lipinski definition) is 0. The molecule has 0 unspecified atom stereocenters. The van der Waals surface area contributed by atoms with E-state index in [9.17, 15) is 4.79 Å². The minimum atomic E-state index is -0.384. The first-order valence-electron chi connectivity index (χ1n) is 8.21. The SMILES string of the molecule is O=C1C=C2C(C#CC3CC3)=C[C@@H]3C[C@@]2(O1)[C@H]1CCCCN31. The average Bonchev–Trinajstić information content (AvgIpc) is 3.20. The summed E-state index contributed by atoms with van der Waals surface area (Å²) in [6.45, 7) is 1.13. The molecular weight excluding hydrogens is 262 g/mol. The van der Waals surface area contributed by atoms with E-state index >= 15 is 0 Å². The summed E-state index contributed by atoms with van der Waals surface area (Å²) in [5.74, 6) is 7.14. The Bertz CT molecular complexity index is 646. The Hall–Kier alpha value is -1.53. The number of ether oxygens (including phenoxy) is 1. The van der Waals surface area contributed by atoms with Gasteiger partial charge in [-0.1, -0.05) is 24.3 Å². The Kier molecular flexibility index (Phi) is 2.31. The zero-order chi connectivity index (χ0) is 14.0. The van der Waals surface area contributed by atoms with Crippen molar-refractivity contribution in [1.29, 1.82) is 0 Å². The van der Waals surface area contributed by atoms with Crippen LogP contribution in [0.5, 0.6) is 0 Å². The highest BCUT2D eigenvalue weighted by atomic mass is 16.6. The van der Waals surface area contributed by atoms with Crippen LogP contribution in [-0.2, 0) is 9.53 Å². The van der Waals surface area contributed by atoms with Gasteiger partial charge in [0.25, 0.3) is 0 Å². The standard InChI is InChI=1S/C18H19NO2/c20-17-10-15-13(7-6-12-4-5-12)9-14-11-18(15,21-17)16-3-1-2-8-19(14)16/h9-10,12,14,16H,1-5,8,11H2/t14-,16-,18+/m1/s1. The molecule has 2 bridgehead atoms. The molecule has 3 nitrogen and oxygen atoms in total. The van der Waals surface area contributed by atoms with Gasteiger partial charge in [0.2, 0.25) is 0 Å². The smallest absolute Gasteiger partial charge is 0.332 e. The second-order valence-corrected chi connectivity index (χ2v) is 7.01. The van der Waals surface area contributed by atoms with Crippen LogP contribution < -0.4 is 0 Å². The Balaban J connectivity index is 1.61. The number of rotatable bonds is 0. The van der Waals surface area contributed by atoms with Gasteiger partial charge in [-0.05, 0) is 32.2 Å². The van der Waals surface area contributed by atoms with Gasteiger partial charge in [0.1, 0.15) is 0 Å². The Morgan fingerprint density at radius 1 is 1.29 bits per heavy atom. The average molecular weight is 281 g/mol. The maximum Gasteiger partial charge on any atom is 0.332 e. The third kappa shape index (κ3) is 1.63. The third-order valence-electron chi connectivity index (χ3n) is 5.66. The molecule has 3 heteroatoms. The van der Waals surface area contributed by atoms with Crippen LogP contribution in [-0.4, -0.2) is 35.1 Å². The van der Waals surface area contributed by atoms with Gasteiger partial charge in [-0.3, -0.25) is 4.90 Å². The summed E-state index contributed by atoms with van der Waals surface area (Å²) in [6, 6.07) is 0.771. The van der Waals surface area contributed by atoms with Crippen molar-refractivity contribution in [2.45, 2.75) is 56.2 Å². The zero-order valence-corrected chi connectivity index (χ0v) is 12.1. The first kappa shape index (κ1) is 12.1. The van der Waals surface area contributed by atoms with Gasteiger partial charge < -0.3 is 4.74 Å². The molecular formula is C18H19NO2. The van der Waals surface area contributed by atoms with Crippen LogP contribution in [0.1, 0.15) is 38.5 Å². The predicted octanol–water partition coefficient (Wildman–Crippen LogP) is 2.19. The number of carbonyl (C=O) groups is 1. The van der Waals surface area contributed by atoms with E-state index in [2.05, 4.69) is 22.8 Å². The fourth-order valence-electron chi connectivity index (χ4n) is 4.58. The van der Waals surface area contributed by atoms with Crippen molar-refractivity contribution in [1.82, 2.24) is 4.90 Å². The minimum Gasteiger partial charge on any atom is -0.449 e. The molecule has 3 fully saturated rings. The highest BCUT2D eigenvalue weighted by Crippen LogP contribution is 2.53. The van der Waals surface area contributed by atoms with Crippen molar-refractivity contribution in [2.24, 2.45) is 5.92 Å². The van der Waals surface area contributed by atoms with Crippen LogP contribution in [0.2, 0.25) is 0 Å². The maximum atomic E-state index is 12.0. The quantitative estimate of drug-likeness (QED) is 0.503. The van der Waals surface area contributed by atoms with E-state index in [0.717, 1.165) is 30.5 Å². The van der Waals surface area contributed by atoms with E-state index in [1.165, 1.54) is 25.7 Å². The Morgan fingerprint density at radius 2 is 2.19 bits per heavy atom. The lowest BCUT2D eigenvalue weighted by atomic mass is 9.77. The topological polar surface area (TPSA) is 29.5 Å². The van der Waals surface area contributed by atoms with Crippen LogP contribution in [0.25, 0.3) is 0 Å². The minimum absolute atomic E-state index is 0.169. The normalized spacial score (nSPS) is 40.5. The van der Waals surface area contributed by atoms with E-state index in [4.69, 9.17) is 4.74 Å². The maximum absolute atomic E-state index is 12.0. The molecule has 108 valence electrons. The number of esters is 1. The molecule has 21 heavy (non-hydrogen) atoms. The molecule has 2 saturated heterocycles. The van der Waals surface area contributed by atoms with Gasteiger partial charge in [0.15, 0.2) is 5.60 Å². The first-order chi connectivity index (χ1) is 10.3. The van der Waals surface area contributed by atoms with Gasteiger partial charge in [0.05, 0.1) is 6.04 Å². The lowest BCUT2D eigenvalue weighted by molar-refractivity contribution is -0.148. The lowest BCUT2D eigenvalue weighted by Crippen LogP contribution is -2.48. The van der Waals surface area contributed by atoms with Gasteiger partial charge in [-0.15, -0.1) is 0 Å². The summed E-state index contributed by atoms with van der Waals surface area (Å²) in [5, 5.41) is 0. The number of fused-ring (bicyclic) bond motifs is 3. The van der Waals surface area contributed by atoms with E-state index in [0.29, 0.717) is 18.0 Å². The summed E-state index contributed by atoms with van der Waals surface area (Å²) < 4.78 is 5.88. The number of carbonyl (C=O) groups excluding carboxylic acids is 1. The monoisotopic (exact) mass is 281 g/mol. The fourth-order valence-corrected chi connectivity index (χ4v) is 4.58. The molecule has 3 atom stereocenters. The summed E-state index contributed by atoms with van der Waals surface area (Å²) in [6.07, 6.45) is 11.0. The van der Waals surface area contributed by atoms with E-state index in [1.807, 2.05) is 0 Å².